The van der Waals surface area contributed by atoms with Crippen LogP contribution in [-0.4, -0.2) is 120 Å². The number of nitrogens with two attached hydrogens (primary N) is 1. The highest BCUT2D eigenvalue weighted by atomic mass is 16.5. The summed E-state index contributed by atoms with van der Waals surface area (Å²) < 4.78 is 23.3. The van der Waals surface area contributed by atoms with Crippen molar-refractivity contribution in [3.05, 3.63) is 119 Å². The molecule has 7 N–H and O–H groups in total. The van der Waals surface area contributed by atoms with Crippen LogP contribution in [0.5, 0.6) is 5.75 Å². The van der Waals surface area contributed by atoms with E-state index < -0.39 is 11.9 Å². The number of rotatable bonds is 28. The summed E-state index contributed by atoms with van der Waals surface area (Å²) in [7, 11) is 0. The third-order valence-corrected chi connectivity index (χ3v) is 13.2. The highest BCUT2D eigenvalue weighted by Crippen LogP contribution is 2.35. The number of unbranched alkanes of at least 4 members (excludes halogenated alkanes) is 5. The Morgan fingerprint density at radius 2 is 1.46 bits per heavy atom. The first kappa shape index (κ1) is 54.7. The topological polar surface area (TPSA) is 254 Å². The third kappa shape index (κ3) is 16.2. The van der Waals surface area contributed by atoms with Crippen molar-refractivity contribution in [2.75, 3.05) is 70.0 Å². The molecule has 5 aromatic rings. The fourth-order valence-electron chi connectivity index (χ4n) is 9.37. The Kier molecular flexibility index (Phi) is 21.4. The summed E-state index contributed by atoms with van der Waals surface area (Å²) in [5.41, 5.74) is 9.96. The Balaban J connectivity index is 0.00000260. The van der Waals surface area contributed by atoms with Gasteiger partial charge in [0.05, 0.1) is 38.6 Å². The van der Waals surface area contributed by atoms with Crippen LogP contribution in [0.2, 0.25) is 0 Å². The van der Waals surface area contributed by atoms with Gasteiger partial charge in [0.15, 0.2) is 11.6 Å². The van der Waals surface area contributed by atoms with Crippen LogP contribution in [0, 0.1) is 0 Å². The van der Waals surface area contributed by atoms with Crippen LogP contribution in [0.4, 0.5) is 11.4 Å². The van der Waals surface area contributed by atoms with Gasteiger partial charge in [0, 0.05) is 73.1 Å². The first-order valence-corrected chi connectivity index (χ1v) is 25.8. The molecule has 1 unspecified atom stereocenters. The molecule has 0 spiro atoms. The van der Waals surface area contributed by atoms with Gasteiger partial charge in [-0.15, -0.1) is 0 Å². The van der Waals surface area contributed by atoms with E-state index in [4.69, 9.17) is 28.7 Å². The van der Waals surface area contributed by atoms with Crippen LogP contribution in [-0.2, 0) is 51.9 Å². The average Bonchev–Trinajstić information content (AvgIpc) is 4.04. The number of nitrogens with zero attached hydrogens (tertiary/aromatic N) is 4. The first-order valence-electron chi connectivity index (χ1n) is 25.8. The Labute approximate surface area is 432 Å². The van der Waals surface area contributed by atoms with Crippen LogP contribution in [0.3, 0.4) is 0 Å². The second-order valence-corrected chi connectivity index (χ2v) is 18.6. The second-order valence-electron chi connectivity index (χ2n) is 18.6. The first-order chi connectivity index (χ1) is 36.2. The molecule has 5 amide bonds. The molecule has 3 aromatic carbocycles. The number of hydrogen-bond donors (Lipinski definition) is 6. The molecule has 74 heavy (non-hydrogen) atoms. The predicted molar refractivity (Wildman–Crippen MR) is 279 cm³/mol. The molecule has 394 valence electrons. The van der Waals surface area contributed by atoms with Crippen molar-refractivity contribution in [2.45, 2.75) is 102 Å². The Morgan fingerprint density at radius 1 is 0.797 bits per heavy atom. The smallest absolute Gasteiger partial charge is 0.255 e. The number of piperidine rings is 2. The zero-order valence-electron chi connectivity index (χ0n) is 42.1. The number of carbonyl (C=O) groups excluding carboxylic acids is 5. The molecular formula is C55H70N10O9. The summed E-state index contributed by atoms with van der Waals surface area (Å²) in [4.78, 5) is 68.9. The molecule has 2 aromatic heterocycles. The lowest BCUT2D eigenvalue weighted by Gasteiger charge is -2.37. The van der Waals surface area contributed by atoms with Gasteiger partial charge >= 0.3 is 0 Å². The fourth-order valence-corrected chi connectivity index (χ4v) is 9.37. The summed E-state index contributed by atoms with van der Waals surface area (Å²) in [6.45, 7) is 6.06. The van der Waals surface area contributed by atoms with Crippen LogP contribution in [0.1, 0.15) is 110 Å². The van der Waals surface area contributed by atoms with Gasteiger partial charge in [-0.25, -0.2) is 4.98 Å². The van der Waals surface area contributed by atoms with Crippen molar-refractivity contribution in [1.82, 2.24) is 35.7 Å². The van der Waals surface area contributed by atoms with Gasteiger partial charge in [-0.3, -0.25) is 39.4 Å². The molecule has 2 saturated heterocycles. The SMILES string of the molecule is NC=O.O=C1CCC(N2Cc3c(NC(=O)CCCCCOCCOCCOCCCCCCOc4cccc(Cc5cccc(NC6(c7nc(-c8ccncc8)n[nH]7)CCNCC6)c5)c4)cccc3C2=O)C(=O)N1. The minimum atomic E-state index is -0.700. The molecule has 0 bridgehead atoms. The van der Waals surface area contributed by atoms with Crippen molar-refractivity contribution in [3.8, 4) is 17.1 Å². The zero-order valence-corrected chi connectivity index (χ0v) is 42.1. The monoisotopic (exact) mass is 1010 g/mol. The van der Waals surface area contributed by atoms with E-state index in [-0.39, 0.29) is 49.1 Å². The van der Waals surface area contributed by atoms with E-state index in [2.05, 4.69) is 84.6 Å². The highest BCUT2D eigenvalue weighted by Gasteiger charge is 2.40. The lowest BCUT2D eigenvalue weighted by molar-refractivity contribution is -0.137. The lowest BCUT2D eigenvalue weighted by Crippen LogP contribution is -2.52. The molecule has 0 aliphatic carbocycles. The van der Waals surface area contributed by atoms with Gasteiger partial charge in [-0.05, 0) is 131 Å². The molecule has 8 rings (SSSR count). The van der Waals surface area contributed by atoms with Crippen LogP contribution < -0.4 is 31.7 Å². The van der Waals surface area contributed by atoms with Gasteiger partial charge in [-0.2, -0.15) is 5.10 Å². The van der Waals surface area contributed by atoms with E-state index in [9.17, 15) is 19.2 Å². The molecule has 19 heteroatoms. The van der Waals surface area contributed by atoms with E-state index in [0.717, 1.165) is 93.7 Å². The lowest BCUT2D eigenvalue weighted by atomic mass is 9.87. The third-order valence-electron chi connectivity index (χ3n) is 13.2. The van der Waals surface area contributed by atoms with Crippen LogP contribution >= 0.6 is 0 Å². The van der Waals surface area contributed by atoms with Gasteiger partial charge < -0.3 is 45.5 Å². The molecule has 2 fully saturated rings. The Hall–Kier alpha value is -7.06. The maximum atomic E-state index is 13.1. The number of ether oxygens (including phenoxy) is 4. The number of carbonyl (C=O) groups is 5. The zero-order chi connectivity index (χ0) is 51.8. The molecule has 0 radical (unpaired) electrons. The van der Waals surface area contributed by atoms with Crippen molar-refractivity contribution in [1.29, 1.82) is 0 Å². The molecule has 3 aliphatic rings. The van der Waals surface area contributed by atoms with E-state index in [1.54, 1.807) is 30.6 Å². The van der Waals surface area contributed by atoms with Crippen molar-refractivity contribution >= 4 is 41.4 Å². The molecule has 1 atom stereocenters. The Bertz CT molecular complexity index is 2590. The number of H-pyrrole nitrogens is 1. The van der Waals surface area contributed by atoms with Crippen molar-refractivity contribution < 1.29 is 42.9 Å². The normalized spacial score (nSPS) is 15.9. The molecular weight excluding hydrogens is 945 g/mol. The summed E-state index contributed by atoms with van der Waals surface area (Å²) in [5.74, 6) is 1.23. The van der Waals surface area contributed by atoms with E-state index in [0.29, 0.717) is 81.7 Å². The summed E-state index contributed by atoms with van der Waals surface area (Å²) in [6, 6.07) is 25.4. The van der Waals surface area contributed by atoms with Crippen LogP contribution in [0.15, 0.2) is 91.3 Å². The standard InChI is InChI=1S/C54H67N9O8.CH3NO/c64-48(57-46-16-10-15-44-45(46)38-63(52(44)67)47-18-19-49(65)58-51(47)66)17-4-3-6-29-69-32-34-70-33-31-68-28-5-1-2-7-30-71-43-14-9-12-40(37-43)35-39-11-8-13-42(36-39)60-54(22-26-56-27-23-54)53-59-50(61-62-53)41-20-24-55-25-21-41;2-1-3/h8-16,20-21,24-25,36-37,47,56,60H,1-7,17-19,22-23,26-35,38H2,(H,57,64)(H,58,65,66)(H,59,61,62);1H,(H2,2,3). The van der Waals surface area contributed by atoms with Gasteiger partial charge in [-0.1, -0.05) is 43.2 Å². The van der Waals surface area contributed by atoms with E-state index >= 15 is 0 Å². The fraction of sp³-hybridized carbons (Fsp3) is 0.455. The predicted octanol–water partition coefficient (Wildman–Crippen LogP) is 6.20. The van der Waals surface area contributed by atoms with Gasteiger partial charge in [0.2, 0.25) is 24.1 Å². The number of aromatic nitrogens is 4. The maximum absolute atomic E-state index is 13.1. The average molecular weight is 1020 g/mol. The summed E-state index contributed by atoms with van der Waals surface area (Å²) in [5, 5.41) is 20.4. The summed E-state index contributed by atoms with van der Waals surface area (Å²) >= 11 is 0. The van der Waals surface area contributed by atoms with E-state index in [1.165, 1.54) is 16.0 Å². The number of anilines is 2. The van der Waals surface area contributed by atoms with E-state index in [1.807, 2.05) is 18.2 Å². The summed E-state index contributed by atoms with van der Waals surface area (Å²) in [6.07, 6.45) is 13.7. The van der Waals surface area contributed by atoms with Crippen molar-refractivity contribution in [2.24, 2.45) is 5.73 Å². The number of primary amides is 1. The molecule has 3 aliphatic heterocycles. The van der Waals surface area contributed by atoms with Crippen molar-refractivity contribution in [3.63, 3.8) is 0 Å². The second kappa shape index (κ2) is 29.0. The number of hydrogen-bond acceptors (Lipinski definition) is 14. The number of amides is 5. The number of imide groups is 1. The number of nitrogens with one attached hydrogen (secondary N) is 5. The number of benzene rings is 3. The van der Waals surface area contributed by atoms with Crippen LogP contribution in [0.25, 0.3) is 11.4 Å². The molecule has 19 nitrogen and oxygen atoms in total. The number of pyridine rings is 1. The largest absolute Gasteiger partial charge is 0.494 e. The van der Waals surface area contributed by atoms with Gasteiger partial charge in [0.1, 0.15) is 11.8 Å². The minimum absolute atomic E-state index is 0.127. The minimum Gasteiger partial charge on any atom is -0.494 e. The Morgan fingerprint density at radius 3 is 2.19 bits per heavy atom. The molecule has 5 heterocycles. The maximum Gasteiger partial charge on any atom is 0.255 e. The number of fused-ring (bicyclic) bond motifs is 1. The molecule has 0 saturated carbocycles. The van der Waals surface area contributed by atoms with Gasteiger partial charge in [0.25, 0.3) is 5.91 Å². The number of aromatic amines is 1. The highest BCUT2D eigenvalue weighted by molar-refractivity contribution is 6.06. The quantitative estimate of drug-likeness (QED) is 0.0186.